The smallest absolute Gasteiger partial charge is 0.256 e. The van der Waals surface area contributed by atoms with Crippen molar-refractivity contribution in [1.29, 1.82) is 0 Å². The molecule has 0 fully saturated rings. The fourth-order valence-electron chi connectivity index (χ4n) is 1.85. The van der Waals surface area contributed by atoms with E-state index < -0.39 is 0 Å². The van der Waals surface area contributed by atoms with Crippen molar-refractivity contribution in [2.45, 2.75) is 20.3 Å². The summed E-state index contributed by atoms with van der Waals surface area (Å²) < 4.78 is 0. The molecule has 0 radical (unpaired) electrons. The average Bonchev–Trinajstić information content (AvgIpc) is 2.28. The minimum absolute atomic E-state index is 0.0302. The van der Waals surface area contributed by atoms with Crippen molar-refractivity contribution in [1.82, 2.24) is 4.90 Å². The van der Waals surface area contributed by atoms with Gasteiger partial charge in [-0.3, -0.25) is 4.79 Å². The highest BCUT2D eigenvalue weighted by molar-refractivity contribution is 6.00. The van der Waals surface area contributed by atoms with Gasteiger partial charge in [-0.25, -0.2) is 0 Å². The number of rotatable bonds is 5. The topological polar surface area (TPSA) is 66.6 Å². The predicted octanol–water partition coefficient (Wildman–Crippen LogP) is 1.42. The highest BCUT2D eigenvalue weighted by atomic mass is 16.3. The van der Waals surface area contributed by atoms with Crippen molar-refractivity contribution in [3.05, 3.63) is 29.3 Å². The molecule has 0 spiro atoms. The monoisotopic (exact) mass is 236 g/mol. The van der Waals surface area contributed by atoms with E-state index in [-0.39, 0.29) is 12.5 Å². The predicted molar refractivity (Wildman–Crippen MR) is 68.9 cm³/mol. The van der Waals surface area contributed by atoms with Crippen LogP contribution < -0.4 is 5.73 Å². The first-order chi connectivity index (χ1) is 8.11. The van der Waals surface area contributed by atoms with E-state index in [1.807, 2.05) is 26.0 Å². The van der Waals surface area contributed by atoms with Crippen molar-refractivity contribution in [2.24, 2.45) is 0 Å². The van der Waals surface area contributed by atoms with Gasteiger partial charge in [0.15, 0.2) is 0 Å². The molecule has 0 saturated carbocycles. The van der Waals surface area contributed by atoms with Crippen LogP contribution in [-0.4, -0.2) is 35.6 Å². The van der Waals surface area contributed by atoms with Crippen molar-refractivity contribution >= 4 is 11.6 Å². The number of benzene rings is 1. The van der Waals surface area contributed by atoms with Gasteiger partial charge in [-0.2, -0.15) is 0 Å². The van der Waals surface area contributed by atoms with Crippen molar-refractivity contribution in [2.75, 3.05) is 25.4 Å². The van der Waals surface area contributed by atoms with Crippen molar-refractivity contribution in [3.8, 4) is 0 Å². The van der Waals surface area contributed by atoms with Gasteiger partial charge in [0.25, 0.3) is 5.91 Å². The number of amides is 1. The lowest BCUT2D eigenvalue weighted by atomic mass is 10.1. The second-order valence-electron chi connectivity index (χ2n) is 4.05. The summed E-state index contributed by atoms with van der Waals surface area (Å²) in [6.07, 6.45) is 0.859. The molecule has 3 N–H and O–H groups in total. The summed E-state index contributed by atoms with van der Waals surface area (Å²) in [4.78, 5) is 13.9. The third kappa shape index (κ3) is 3.20. The molecule has 0 aliphatic heterocycles. The van der Waals surface area contributed by atoms with Crippen molar-refractivity contribution in [3.63, 3.8) is 0 Å². The molecule has 1 aromatic rings. The number of aliphatic hydroxyl groups is 1. The molecule has 0 aliphatic rings. The number of anilines is 1. The Morgan fingerprint density at radius 3 is 2.65 bits per heavy atom. The number of hydrogen-bond acceptors (Lipinski definition) is 3. The maximum absolute atomic E-state index is 12.3. The number of carbonyl (C=O) groups is 1. The van der Waals surface area contributed by atoms with Gasteiger partial charge in [-0.05, 0) is 25.0 Å². The maximum atomic E-state index is 12.3. The summed E-state index contributed by atoms with van der Waals surface area (Å²) in [7, 11) is 0. The number of nitrogens with two attached hydrogens (primary N) is 1. The van der Waals surface area contributed by atoms with E-state index in [1.54, 1.807) is 11.0 Å². The summed E-state index contributed by atoms with van der Waals surface area (Å²) in [6.45, 7) is 4.82. The van der Waals surface area contributed by atoms with Crippen LogP contribution >= 0.6 is 0 Å². The Morgan fingerprint density at radius 1 is 1.41 bits per heavy atom. The standard InChI is InChI=1S/C13H20N2O2/c1-3-7-15(8-9-16)13(17)12-10(2)5-4-6-11(12)14/h4-6,16H,3,7-9,14H2,1-2H3. The number of nitrogens with zero attached hydrogens (tertiary/aromatic N) is 1. The molecule has 0 aliphatic carbocycles. The third-order valence-corrected chi connectivity index (χ3v) is 2.67. The molecule has 4 nitrogen and oxygen atoms in total. The van der Waals surface area contributed by atoms with Gasteiger partial charge in [-0.15, -0.1) is 0 Å². The number of hydrogen-bond donors (Lipinski definition) is 2. The summed E-state index contributed by atoms with van der Waals surface area (Å²) in [6, 6.07) is 5.42. The lowest BCUT2D eigenvalue weighted by molar-refractivity contribution is 0.0722. The molecule has 4 heteroatoms. The van der Waals surface area contributed by atoms with Gasteiger partial charge in [0, 0.05) is 18.8 Å². The summed E-state index contributed by atoms with van der Waals surface area (Å²) in [5.74, 6) is -0.100. The second-order valence-corrected chi connectivity index (χ2v) is 4.05. The van der Waals surface area contributed by atoms with Crippen LogP contribution in [0.25, 0.3) is 0 Å². The second kappa shape index (κ2) is 6.25. The van der Waals surface area contributed by atoms with Gasteiger partial charge in [-0.1, -0.05) is 19.1 Å². The molecular weight excluding hydrogens is 216 g/mol. The first-order valence-electron chi connectivity index (χ1n) is 5.87. The summed E-state index contributed by atoms with van der Waals surface area (Å²) in [5.41, 5.74) is 7.76. The van der Waals surface area contributed by atoms with Crippen LogP contribution in [0.1, 0.15) is 29.3 Å². The molecule has 17 heavy (non-hydrogen) atoms. The van der Waals surface area contributed by atoms with Gasteiger partial charge in [0.2, 0.25) is 0 Å². The zero-order valence-corrected chi connectivity index (χ0v) is 10.4. The Hall–Kier alpha value is -1.55. The Kier molecular flexibility index (Phi) is 4.97. The summed E-state index contributed by atoms with van der Waals surface area (Å²) >= 11 is 0. The normalized spacial score (nSPS) is 10.3. The van der Waals surface area contributed by atoms with Gasteiger partial charge in [0.05, 0.1) is 12.2 Å². The fraction of sp³-hybridized carbons (Fsp3) is 0.462. The van der Waals surface area contributed by atoms with E-state index in [9.17, 15) is 4.79 Å². The Bertz CT molecular complexity index is 365. The van der Waals surface area contributed by atoms with E-state index in [4.69, 9.17) is 10.8 Å². The summed E-state index contributed by atoms with van der Waals surface area (Å²) in [5, 5.41) is 8.97. The molecular formula is C13H20N2O2. The molecule has 0 heterocycles. The quantitative estimate of drug-likeness (QED) is 0.760. The zero-order chi connectivity index (χ0) is 12.8. The van der Waals surface area contributed by atoms with Gasteiger partial charge >= 0.3 is 0 Å². The highest BCUT2D eigenvalue weighted by Gasteiger charge is 2.18. The average molecular weight is 236 g/mol. The van der Waals surface area contributed by atoms with E-state index in [2.05, 4.69) is 0 Å². The number of carbonyl (C=O) groups excluding carboxylic acids is 1. The Morgan fingerprint density at radius 2 is 2.12 bits per heavy atom. The minimum atomic E-state index is -0.100. The van der Waals surface area contributed by atoms with Crippen LogP contribution in [0.5, 0.6) is 0 Å². The molecule has 1 amide bonds. The van der Waals surface area contributed by atoms with E-state index in [1.165, 1.54) is 0 Å². The minimum Gasteiger partial charge on any atom is -0.398 e. The highest BCUT2D eigenvalue weighted by Crippen LogP contribution is 2.18. The molecule has 0 unspecified atom stereocenters. The number of nitrogen functional groups attached to an aromatic ring is 1. The fourth-order valence-corrected chi connectivity index (χ4v) is 1.85. The number of aryl methyl sites for hydroxylation is 1. The largest absolute Gasteiger partial charge is 0.398 e. The molecule has 0 atom stereocenters. The van der Waals surface area contributed by atoms with Gasteiger partial charge < -0.3 is 15.7 Å². The first kappa shape index (κ1) is 13.5. The van der Waals surface area contributed by atoms with Crippen LogP contribution in [0, 0.1) is 6.92 Å². The first-order valence-corrected chi connectivity index (χ1v) is 5.87. The van der Waals surface area contributed by atoms with Crippen LogP contribution in [0.15, 0.2) is 18.2 Å². The van der Waals surface area contributed by atoms with E-state index in [0.29, 0.717) is 24.3 Å². The third-order valence-electron chi connectivity index (χ3n) is 2.67. The molecule has 94 valence electrons. The van der Waals surface area contributed by atoms with E-state index >= 15 is 0 Å². The van der Waals surface area contributed by atoms with Crippen LogP contribution in [0.4, 0.5) is 5.69 Å². The Balaban J connectivity index is 3.00. The number of aliphatic hydroxyl groups excluding tert-OH is 1. The SMILES string of the molecule is CCCN(CCO)C(=O)c1c(C)cccc1N. The van der Waals surface area contributed by atoms with Crippen LogP contribution in [0.2, 0.25) is 0 Å². The van der Waals surface area contributed by atoms with Crippen molar-refractivity contribution < 1.29 is 9.90 Å². The molecule has 0 aromatic heterocycles. The van der Waals surface area contributed by atoms with Gasteiger partial charge in [0.1, 0.15) is 0 Å². The molecule has 0 saturated heterocycles. The lowest BCUT2D eigenvalue weighted by Crippen LogP contribution is -2.35. The maximum Gasteiger partial charge on any atom is 0.256 e. The Labute approximate surface area is 102 Å². The zero-order valence-electron chi connectivity index (χ0n) is 10.4. The molecule has 0 bridgehead atoms. The van der Waals surface area contributed by atoms with Crippen LogP contribution in [-0.2, 0) is 0 Å². The van der Waals surface area contributed by atoms with Crippen LogP contribution in [0.3, 0.4) is 0 Å². The molecule has 1 aromatic carbocycles. The lowest BCUT2D eigenvalue weighted by Gasteiger charge is -2.22. The van der Waals surface area contributed by atoms with E-state index in [0.717, 1.165) is 12.0 Å². The molecule has 1 rings (SSSR count).